The summed E-state index contributed by atoms with van der Waals surface area (Å²) in [5.74, 6) is 0. The molecule has 0 aliphatic heterocycles. The fourth-order valence-electron chi connectivity index (χ4n) is 1.75. The van der Waals surface area contributed by atoms with Crippen LogP contribution >= 0.6 is 0 Å². The fourth-order valence-corrected chi connectivity index (χ4v) is 1.75. The van der Waals surface area contributed by atoms with Gasteiger partial charge in [-0.25, -0.2) is 24.3 Å². The van der Waals surface area contributed by atoms with Crippen molar-refractivity contribution in [3.8, 4) is 0 Å². The average molecular weight is 322 g/mol. The van der Waals surface area contributed by atoms with E-state index >= 15 is 0 Å². The molecule has 0 aromatic heterocycles. The predicted octanol–water partition coefficient (Wildman–Crippen LogP) is 5.17. The van der Waals surface area contributed by atoms with Crippen LogP contribution in [0.3, 0.4) is 0 Å². The molecule has 0 aliphatic rings. The van der Waals surface area contributed by atoms with Crippen molar-refractivity contribution in [2.24, 2.45) is 0 Å². The molecule has 0 unspecified atom stereocenters. The van der Waals surface area contributed by atoms with E-state index in [-0.39, 0.29) is 32.7 Å². The summed E-state index contributed by atoms with van der Waals surface area (Å²) in [6, 6.07) is 17.0. The summed E-state index contributed by atoms with van der Waals surface area (Å²) in [5.41, 5.74) is 3.48. The summed E-state index contributed by atoms with van der Waals surface area (Å²) >= 11 is 0. The number of hydrogen-bond acceptors (Lipinski definition) is 0. The maximum atomic E-state index is 2.22. The molecule has 0 spiro atoms. The van der Waals surface area contributed by atoms with Gasteiger partial charge < -0.3 is 11.0 Å². The van der Waals surface area contributed by atoms with Gasteiger partial charge in [0, 0.05) is 0 Å². The molecule has 0 bridgehead atoms. The standard InChI is InChI=1S/2C9H13.2O.Ti/c2*1-9(2,3)8-6-4-5-7-8;;;/h2*4-7H,1-3H3;;;/q2*-1;2*-2;+4. The molecule has 0 fully saturated rings. The van der Waals surface area contributed by atoms with Crippen molar-refractivity contribution in [3.63, 3.8) is 0 Å². The molecule has 0 saturated heterocycles. The fraction of sp³-hybridized carbons (Fsp3) is 0.444. The van der Waals surface area contributed by atoms with E-state index in [1.165, 1.54) is 11.1 Å². The van der Waals surface area contributed by atoms with Gasteiger partial charge in [0.05, 0.1) is 0 Å². The maximum Gasteiger partial charge on any atom is 4.00 e. The summed E-state index contributed by atoms with van der Waals surface area (Å²) in [5, 5.41) is 0. The van der Waals surface area contributed by atoms with Crippen LogP contribution in [0.25, 0.3) is 0 Å². The van der Waals surface area contributed by atoms with Gasteiger partial charge in [0.15, 0.2) is 0 Å². The van der Waals surface area contributed by atoms with Gasteiger partial charge >= 0.3 is 21.7 Å². The summed E-state index contributed by atoms with van der Waals surface area (Å²) in [6.45, 7) is 13.3. The molecule has 0 saturated carbocycles. The van der Waals surface area contributed by atoms with Gasteiger partial charge in [-0.2, -0.15) is 35.4 Å². The zero-order chi connectivity index (χ0) is 13.8. The molecular formula is C18H26O2Ti-2. The molecular weight excluding hydrogens is 296 g/mol. The van der Waals surface area contributed by atoms with Crippen LogP contribution in [0.4, 0.5) is 0 Å². The topological polar surface area (TPSA) is 57.0 Å². The van der Waals surface area contributed by atoms with Gasteiger partial charge in [0.1, 0.15) is 0 Å². The van der Waals surface area contributed by atoms with Crippen LogP contribution in [0.2, 0.25) is 0 Å². The first kappa shape index (κ1) is 25.3. The monoisotopic (exact) mass is 322 g/mol. The minimum absolute atomic E-state index is 0. The Morgan fingerprint density at radius 2 is 0.714 bits per heavy atom. The van der Waals surface area contributed by atoms with Gasteiger partial charge in [-0.05, 0) is 0 Å². The van der Waals surface area contributed by atoms with Crippen LogP contribution in [0, 0.1) is 0 Å². The van der Waals surface area contributed by atoms with Crippen molar-refractivity contribution in [3.05, 3.63) is 59.7 Å². The van der Waals surface area contributed by atoms with Crippen LogP contribution in [-0.4, -0.2) is 0 Å². The third kappa shape index (κ3) is 9.05. The Labute approximate surface area is 144 Å². The Morgan fingerprint density at radius 1 is 0.524 bits per heavy atom. The third-order valence-electron chi connectivity index (χ3n) is 3.06. The second-order valence-electron chi connectivity index (χ2n) is 6.85. The summed E-state index contributed by atoms with van der Waals surface area (Å²) in [7, 11) is 0. The van der Waals surface area contributed by atoms with Crippen LogP contribution < -0.4 is 0 Å². The van der Waals surface area contributed by atoms with Crippen molar-refractivity contribution < 1.29 is 32.7 Å². The van der Waals surface area contributed by atoms with E-state index in [0.29, 0.717) is 10.8 Å². The molecule has 3 heteroatoms. The molecule has 0 atom stereocenters. The SMILES string of the molecule is CC(C)(C)[c-]1cccc1.CC(C)(C)[c-]1cccc1.[O-2].[O-2].[Ti+4]. The molecule has 0 amide bonds. The van der Waals surface area contributed by atoms with E-state index < -0.39 is 0 Å². The zero-order valence-corrected chi connectivity index (χ0v) is 15.5. The molecule has 0 aliphatic carbocycles. The minimum Gasteiger partial charge on any atom is -2.00 e. The minimum atomic E-state index is 0. The third-order valence-corrected chi connectivity index (χ3v) is 3.06. The molecule has 0 N–H and O–H groups in total. The second-order valence-corrected chi connectivity index (χ2v) is 6.85. The van der Waals surface area contributed by atoms with Crippen LogP contribution in [0.15, 0.2) is 48.5 Å². The largest absolute Gasteiger partial charge is 4.00 e. The number of hydrogen-bond donors (Lipinski definition) is 0. The molecule has 2 nitrogen and oxygen atoms in total. The molecule has 0 radical (unpaired) electrons. The first-order valence-electron chi connectivity index (χ1n) is 6.65. The molecule has 2 rings (SSSR count). The first-order chi connectivity index (χ1) is 8.21. The van der Waals surface area contributed by atoms with Crippen molar-refractivity contribution in [2.75, 3.05) is 0 Å². The van der Waals surface area contributed by atoms with E-state index in [1.54, 1.807) is 0 Å². The van der Waals surface area contributed by atoms with E-state index in [0.717, 1.165) is 0 Å². The van der Waals surface area contributed by atoms with Crippen molar-refractivity contribution in [2.45, 2.75) is 52.4 Å². The first-order valence-corrected chi connectivity index (χ1v) is 6.65. The van der Waals surface area contributed by atoms with Crippen molar-refractivity contribution >= 4 is 0 Å². The Morgan fingerprint density at radius 3 is 0.810 bits per heavy atom. The Hall–Kier alpha value is -0.666. The van der Waals surface area contributed by atoms with Crippen molar-refractivity contribution in [1.29, 1.82) is 0 Å². The van der Waals surface area contributed by atoms with E-state index in [9.17, 15) is 0 Å². The quantitative estimate of drug-likeness (QED) is 0.475. The van der Waals surface area contributed by atoms with Gasteiger partial charge in [-0.3, -0.25) is 0 Å². The van der Waals surface area contributed by atoms with Gasteiger partial charge in [-0.1, -0.05) is 52.4 Å². The Balaban J connectivity index is -0.000000270. The second kappa shape index (κ2) is 10.1. The molecule has 116 valence electrons. The van der Waals surface area contributed by atoms with E-state index in [4.69, 9.17) is 0 Å². The average Bonchev–Trinajstić information content (AvgIpc) is 2.91. The maximum absolute atomic E-state index is 2.22. The van der Waals surface area contributed by atoms with E-state index in [2.05, 4.69) is 90.1 Å². The Kier molecular flexibility index (Phi) is 12.2. The van der Waals surface area contributed by atoms with Crippen molar-refractivity contribution in [1.82, 2.24) is 0 Å². The summed E-state index contributed by atoms with van der Waals surface area (Å²) in [6.07, 6.45) is 0. The zero-order valence-electron chi connectivity index (χ0n) is 13.9. The molecule has 21 heavy (non-hydrogen) atoms. The Bertz CT molecular complexity index is 384. The summed E-state index contributed by atoms with van der Waals surface area (Å²) in [4.78, 5) is 0. The summed E-state index contributed by atoms with van der Waals surface area (Å²) < 4.78 is 0. The van der Waals surface area contributed by atoms with Crippen LogP contribution in [0.1, 0.15) is 52.7 Å². The van der Waals surface area contributed by atoms with Gasteiger partial charge in [-0.15, -0.1) is 0 Å². The van der Waals surface area contributed by atoms with Crippen LogP contribution in [0.5, 0.6) is 0 Å². The normalized spacial score (nSPS) is 10.2. The van der Waals surface area contributed by atoms with Crippen LogP contribution in [-0.2, 0) is 43.5 Å². The number of rotatable bonds is 0. The van der Waals surface area contributed by atoms with Gasteiger partial charge in [0.25, 0.3) is 0 Å². The van der Waals surface area contributed by atoms with E-state index in [1.807, 2.05) is 0 Å². The van der Waals surface area contributed by atoms with Gasteiger partial charge in [0.2, 0.25) is 0 Å². The smallest absolute Gasteiger partial charge is 2.00 e. The molecule has 2 aromatic rings. The molecule has 2 aromatic carbocycles. The predicted molar refractivity (Wildman–Crippen MR) is 82.8 cm³/mol. The molecule has 0 heterocycles.